The number of nitrogens with zero attached hydrogens (tertiary/aromatic N) is 3. The molecule has 2 aromatic rings. The van der Waals surface area contributed by atoms with Gasteiger partial charge in [0.15, 0.2) is 0 Å². The fourth-order valence-electron chi connectivity index (χ4n) is 3.97. The van der Waals surface area contributed by atoms with E-state index < -0.39 is 11.7 Å². The van der Waals surface area contributed by atoms with E-state index in [4.69, 9.17) is 17.2 Å². The second kappa shape index (κ2) is 6.22. The molecule has 0 radical (unpaired) electrons. The largest absolute Gasteiger partial charge is 0.383 e. The van der Waals surface area contributed by atoms with E-state index in [2.05, 4.69) is 4.98 Å². The van der Waals surface area contributed by atoms with Crippen LogP contribution in [0.1, 0.15) is 11.6 Å². The normalized spacial score (nSPS) is 25.0. The average molecular weight is 354 g/mol. The van der Waals surface area contributed by atoms with Crippen molar-refractivity contribution in [3.8, 4) is 5.69 Å². The highest BCUT2D eigenvalue weighted by atomic mass is 16.2. The molecule has 1 aliphatic heterocycles. The van der Waals surface area contributed by atoms with E-state index in [9.17, 15) is 9.59 Å². The lowest BCUT2D eigenvalue weighted by atomic mass is 10.1. The molecule has 2 aliphatic rings. The SMILES string of the molecule is NCC1C2CN(C(=O)C(N)c3ccc(-n4ccc(N)nc4=O)cc3)CC12. The Balaban J connectivity index is 1.46. The van der Waals surface area contributed by atoms with E-state index in [1.54, 1.807) is 36.5 Å². The van der Waals surface area contributed by atoms with Crippen LogP contribution in [0.25, 0.3) is 5.69 Å². The predicted molar refractivity (Wildman–Crippen MR) is 97.3 cm³/mol. The number of likely N-dealkylation sites (tertiary alicyclic amines) is 1. The molecule has 1 amide bonds. The molecular weight excluding hydrogens is 332 g/mol. The van der Waals surface area contributed by atoms with Crippen LogP contribution in [-0.4, -0.2) is 40.0 Å². The Morgan fingerprint density at radius 2 is 1.85 bits per heavy atom. The molecule has 0 spiro atoms. The zero-order valence-corrected chi connectivity index (χ0v) is 14.3. The van der Waals surface area contributed by atoms with Crippen molar-refractivity contribution >= 4 is 11.7 Å². The van der Waals surface area contributed by atoms with Gasteiger partial charge in [0.25, 0.3) is 0 Å². The minimum Gasteiger partial charge on any atom is -0.383 e. The highest BCUT2D eigenvalue weighted by Crippen LogP contribution is 2.51. The van der Waals surface area contributed by atoms with Crippen molar-refractivity contribution in [1.82, 2.24) is 14.5 Å². The first-order valence-electron chi connectivity index (χ1n) is 8.69. The number of carbonyl (C=O) groups is 1. The number of amides is 1. The summed E-state index contributed by atoms with van der Waals surface area (Å²) in [4.78, 5) is 30.1. The molecule has 3 unspecified atom stereocenters. The summed E-state index contributed by atoms with van der Waals surface area (Å²) in [6.07, 6.45) is 1.56. The van der Waals surface area contributed by atoms with Crippen LogP contribution in [0, 0.1) is 17.8 Å². The highest BCUT2D eigenvalue weighted by molar-refractivity contribution is 5.83. The standard InChI is InChI=1S/C18H22N6O2/c19-7-12-13-8-23(9-14(12)13)17(25)16(21)10-1-3-11(4-2-10)24-6-5-15(20)22-18(24)26/h1-6,12-14,16H,7-9,19,21H2,(H2,20,22,26). The van der Waals surface area contributed by atoms with Crippen LogP contribution >= 0.6 is 0 Å². The lowest BCUT2D eigenvalue weighted by Crippen LogP contribution is -2.39. The lowest BCUT2D eigenvalue weighted by Gasteiger charge is -2.23. The topological polar surface area (TPSA) is 133 Å². The fraction of sp³-hybridized carbons (Fsp3) is 0.389. The summed E-state index contributed by atoms with van der Waals surface area (Å²) in [5.41, 5.74) is 18.3. The van der Waals surface area contributed by atoms with E-state index in [0.29, 0.717) is 35.5 Å². The first-order valence-corrected chi connectivity index (χ1v) is 8.69. The molecule has 26 heavy (non-hydrogen) atoms. The van der Waals surface area contributed by atoms with E-state index in [1.165, 1.54) is 4.57 Å². The maximum Gasteiger partial charge on any atom is 0.354 e. The molecule has 8 heteroatoms. The van der Waals surface area contributed by atoms with E-state index in [0.717, 1.165) is 13.1 Å². The Morgan fingerprint density at radius 1 is 1.19 bits per heavy atom. The third-order valence-corrected chi connectivity index (χ3v) is 5.58. The second-order valence-electron chi connectivity index (χ2n) is 7.04. The lowest BCUT2D eigenvalue weighted by molar-refractivity contribution is -0.132. The number of aromatic nitrogens is 2. The number of fused-ring (bicyclic) bond motifs is 1. The number of benzene rings is 1. The third kappa shape index (κ3) is 2.77. The molecule has 2 fully saturated rings. The van der Waals surface area contributed by atoms with Crippen LogP contribution in [-0.2, 0) is 4.79 Å². The van der Waals surface area contributed by atoms with Gasteiger partial charge in [-0.2, -0.15) is 4.98 Å². The number of anilines is 1. The van der Waals surface area contributed by atoms with Crippen molar-refractivity contribution in [2.24, 2.45) is 29.2 Å². The molecule has 6 N–H and O–H groups in total. The average Bonchev–Trinajstić information content (AvgIpc) is 3.11. The Morgan fingerprint density at radius 3 is 2.42 bits per heavy atom. The van der Waals surface area contributed by atoms with Gasteiger partial charge in [-0.1, -0.05) is 12.1 Å². The van der Waals surface area contributed by atoms with Crippen LogP contribution in [0.3, 0.4) is 0 Å². The Labute approximate surface area is 150 Å². The van der Waals surface area contributed by atoms with Crippen molar-refractivity contribution in [3.63, 3.8) is 0 Å². The first-order chi connectivity index (χ1) is 12.5. The van der Waals surface area contributed by atoms with Crippen molar-refractivity contribution in [3.05, 3.63) is 52.6 Å². The number of hydrogen-bond acceptors (Lipinski definition) is 6. The molecule has 1 aromatic heterocycles. The van der Waals surface area contributed by atoms with Gasteiger partial charge in [0.1, 0.15) is 11.9 Å². The number of piperidine rings is 1. The minimum atomic E-state index is -0.709. The van der Waals surface area contributed by atoms with Crippen LogP contribution in [0.2, 0.25) is 0 Å². The van der Waals surface area contributed by atoms with Gasteiger partial charge in [-0.15, -0.1) is 0 Å². The summed E-state index contributed by atoms with van der Waals surface area (Å²) in [6, 6.07) is 7.86. The number of hydrogen-bond donors (Lipinski definition) is 3. The zero-order valence-electron chi connectivity index (χ0n) is 14.3. The summed E-state index contributed by atoms with van der Waals surface area (Å²) in [6.45, 7) is 2.21. The van der Waals surface area contributed by atoms with Crippen LogP contribution in [0.5, 0.6) is 0 Å². The molecule has 0 bridgehead atoms. The molecule has 3 atom stereocenters. The summed E-state index contributed by atoms with van der Waals surface area (Å²) in [5, 5.41) is 0. The number of nitrogen functional groups attached to an aromatic ring is 1. The zero-order chi connectivity index (χ0) is 18.4. The van der Waals surface area contributed by atoms with Gasteiger partial charge < -0.3 is 22.1 Å². The third-order valence-electron chi connectivity index (χ3n) is 5.58. The van der Waals surface area contributed by atoms with Crippen molar-refractivity contribution in [2.45, 2.75) is 6.04 Å². The van der Waals surface area contributed by atoms with Crippen molar-refractivity contribution in [1.29, 1.82) is 0 Å². The minimum absolute atomic E-state index is 0.0629. The van der Waals surface area contributed by atoms with E-state index in [1.807, 2.05) is 4.90 Å². The molecule has 8 nitrogen and oxygen atoms in total. The monoisotopic (exact) mass is 354 g/mol. The Hall–Kier alpha value is -2.71. The van der Waals surface area contributed by atoms with Gasteiger partial charge in [-0.3, -0.25) is 9.36 Å². The first kappa shape index (κ1) is 16.7. The summed E-state index contributed by atoms with van der Waals surface area (Å²) < 4.78 is 1.38. The maximum atomic E-state index is 12.6. The Kier molecular flexibility index (Phi) is 4.01. The predicted octanol–water partition coefficient (Wildman–Crippen LogP) is -0.522. The molecule has 136 valence electrons. The molecule has 1 aliphatic carbocycles. The maximum absolute atomic E-state index is 12.6. The molecule has 4 rings (SSSR count). The molecule has 2 heterocycles. The van der Waals surface area contributed by atoms with Crippen molar-refractivity contribution < 1.29 is 4.79 Å². The van der Waals surface area contributed by atoms with Crippen LogP contribution < -0.4 is 22.9 Å². The summed E-state index contributed by atoms with van der Waals surface area (Å²) in [5.74, 6) is 1.77. The smallest absolute Gasteiger partial charge is 0.354 e. The number of nitrogens with two attached hydrogens (primary N) is 3. The van der Waals surface area contributed by atoms with E-state index in [-0.39, 0.29) is 11.7 Å². The van der Waals surface area contributed by atoms with Crippen molar-refractivity contribution in [2.75, 3.05) is 25.4 Å². The van der Waals surface area contributed by atoms with Gasteiger partial charge in [0.2, 0.25) is 5.91 Å². The van der Waals surface area contributed by atoms with Gasteiger partial charge in [-0.25, -0.2) is 4.79 Å². The number of rotatable bonds is 4. The van der Waals surface area contributed by atoms with Crippen LogP contribution in [0.4, 0.5) is 5.82 Å². The molecule has 1 saturated heterocycles. The highest BCUT2D eigenvalue weighted by Gasteiger charge is 2.55. The van der Waals surface area contributed by atoms with Gasteiger partial charge >= 0.3 is 5.69 Å². The molecular formula is C18H22N6O2. The Bertz CT molecular complexity index is 881. The number of carbonyl (C=O) groups excluding carboxylic acids is 1. The summed E-state index contributed by atoms with van der Waals surface area (Å²) in [7, 11) is 0. The second-order valence-corrected chi connectivity index (χ2v) is 7.04. The summed E-state index contributed by atoms with van der Waals surface area (Å²) >= 11 is 0. The van der Waals surface area contributed by atoms with Gasteiger partial charge in [-0.05, 0) is 48.1 Å². The van der Waals surface area contributed by atoms with Crippen LogP contribution in [0.15, 0.2) is 41.3 Å². The quantitative estimate of drug-likeness (QED) is 0.676. The fourth-order valence-corrected chi connectivity index (χ4v) is 3.97. The molecule has 1 saturated carbocycles. The van der Waals surface area contributed by atoms with Gasteiger partial charge in [0, 0.05) is 19.3 Å². The van der Waals surface area contributed by atoms with Gasteiger partial charge in [0.05, 0.1) is 5.69 Å². The molecule has 1 aromatic carbocycles. The van der Waals surface area contributed by atoms with E-state index >= 15 is 0 Å².